The smallest absolute Gasteiger partial charge is 0.125 e. The van der Waals surface area contributed by atoms with Crippen molar-refractivity contribution in [1.29, 1.82) is 0 Å². The van der Waals surface area contributed by atoms with Gasteiger partial charge in [0.05, 0.1) is 6.10 Å². The van der Waals surface area contributed by atoms with E-state index in [0.29, 0.717) is 5.92 Å². The van der Waals surface area contributed by atoms with Gasteiger partial charge in [0.1, 0.15) is 11.9 Å². The molecule has 1 N–H and O–H groups in total. The molecule has 1 aromatic rings. The summed E-state index contributed by atoms with van der Waals surface area (Å²) in [7, 11) is 0. The topological polar surface area (TPSA) is 29.5 Å². The summed E-state index contributed by atoms with van der Waals surface area (Å²) in [6, 6.07) is 6.21. The number of ether oxygens (including phenoxy) is 1. The normalized spacial score (nSPS) is 28.1. The van der Waals surface area contributed by atoms with E-state index in [0.717, 1.165) is 30.6 Å². The van der Waals surface area contributed by atoms with Gasteiger partial charge in [0, 0.05) is 0 Å². The second kappa shape index (κ2) is 5.75. The highest BCUT2D eigenvalue weighted by molar-refractivity contribution is 5.35. The van der Waals surface area contributed by atoms with Gasteiger partial charge in [0.15, 0.2) is 0 Å². The Bertz CT molecular complexity index is 400. The summed E-state index contributed by atoms with van der Waals surface area (Å²) in [6.07, 6.45) is 3.81. The Morgan fingerprint density at radius 3 is 2.72 bits per heavy atom. The Morgan fingerprint density at radius 1 is 1.28 bits per heavy atom. The van der Waals surface area contributed by atoms with E-state index in [-0.39, 0.29) is 12.2 Å². The van der Waals surface area contributed by atoms with Gasteiger partial charge in [-0.2, -0.15) is 0 Å². The van der Waals surface area contributed by atoms with Gasteiger partial charge in [-0.1, -0.05) is 31.0 Å². The van der Waals surface area contributed by atoms with Gasteiger partial charge < -0.3 is 9.84 Å². The summed E-state index contributed by atoms with van der Waals surface area (Å²) in [5.74, 6) is 1.62. The van der Waals surface area contributed by atoms with Crippen LogP contribution in [0.4, 0.5) is 0 Å². The molecule has 0 spiro atoms. The predicted octanol–water partition coefficient (Wildman–Crippen LogP) is 3.62. The van der Waals surface area contributed by atoms with E-state index in [9.17, 15) is 5.11 Å². The average Bonchev–Trinajstić information content (AvgIpc) is 2.35. The lowest BCUT2D eigenvalue weighted by Gasteiger charge is -2.33. The van der Waals surface area contributed by atoms with Crippen molar-refractivity contribution in [3.63, 3.8) is 0 Å². The molecule has 100 valence electrons. The Hall–Kier alpha value is -1.02. The fraction of sp³-hybridized carbons (Fsp3) is 0.625. The summed E-state index contributed by atoms with van der Waals surface area (Å²) < 4.78 is 6.04. The second-order valence-corrected chi connectivity index (χ2v) is 5.58. The van der Waals surface area contributed by atoms with Crippen LogP contribution in [0.1, 0.15) is 43.7 Å². The van der Waals surface area contributed by atoms with Gasteiger partial charge in [0.2, 0.25) is 0 Å². The molecule has 3 atom stereocenters. The molecule has 0 saturated heterocycles. The third kappa shape index (κ3) is 3.05. The van der Waals surface area contributed by atoms with Gasteiger partial charge in [-0.25, -0.2) is 0 Å². The molecule has 1 aromatic carbocycles. The summed E-state index contributed by atoms with van der Waals surface area (Å²) in [4.78, 5) is 0. The standard InChI is InChI=1S/C16H24O2/c1-4-13-6-7-14(17)16(10-13)18-15-8-5-11(2)9-12(15)3/h5,8-9,13-14,16-17H,4,6-7,10H2,1-3H3. The predicted molar refractivity (Wildman–Crippen MR) is 74.0 cm³/mol. The van der Waals surface area contributed by atoms with Crippen LogP contribution >= 0.6 is 0 Å². The van der Waals surface area contributed by atoms with E-state index in [1.54, 1.807) is 0 Å². The zero-order valence-electron chi connectivity index (χ0n) is 11.6. The highest BCUT2D eigenvalue weighted by Gasteiger charge is 2.30. The molecule has 0 heterocycles. The van der Waals surface area contributed by atoms with E-state index in [4.69, 9.17) is 4.74 Å². The molecule has 0 amide bonds. The minimum atomic E-state index is -0.312. The van der Waals surface area contributed by atoms with E-state index in [2.05, 4.69) is 32.9 Å². The number of benzene rings is 1. The van der Waals surface area contributed by atoms with Crippen molar-refractivity contribution in [3.8, 4) is 5.75 Å². The van der Waals surface area contributed by atoms with Crippen LogP contribution in [0.2, 0.25) is 0 Å². The lowest BCUT2D eigenvalue weighted by Crippen LogP contribution is -2.38. The molecule has 1 aliphatic carbocycles. The quantitative estimate of drug-likeness (QED) is 0.885. The molecule has 1 aliphatic rings. The molecule has 2 nitrogen and oxygen atoms in total. The van der Waals surface area contributed by atoms with Gasteiger partial charge in [-0.05, 0) is 50.7 Å². The van der Waals surface area contributed by atoms with Crippen LogP contribution in [-0.2, 0) is 0 Å². The van der Waals surface area contributed by atoms with E-state index >= 15 is 0 Å². The number of hydrogen-bond acceptors (Lipinski definition) is 2. The fourth-order valence-electron chi connectivity index (χ4n) is 2.79. The van der Waals surface area contributed by atoms with Gasteiger partial charge >= 0.3 is 0 Å². The molecule has 0 aromatic heterocycles. The highest BCUT2D eigenvalue weighted by atomic mass is 16.5. The van der Waals surface area contributed by atoms with Crippen molar-refractivity contribution >= 4 is 0 Å². The Morgan fingerprint density at radius 2 is 2.06 bits per heavy atom. The average molecular weight is 248 g/mol. The Labute approximate surface area is 110 Å². The summed E-state index contributed by atoms with van der Waals surface area (Å²) in [6.45, 7) is 6.37. The molecule has 0 radical (unpaired) electrons. The molecule has 0 bridgehead atoms. The summed E-state index contributed by atoms with van der Waals surface area (Å²) >= 11 is 0. The number of rotatable bonds is 3. The zero-order valence-corrected chi connectivity index (χ0v) is 11.6. The monoisotopic (exact) mass is 248 g/mol. The van der Waals surface area contributed by atoms with Crippen LogP contribution in [-0.4, -0.2) is 17.3 Å². The van der Waals surface area contributed by atoms with E-state index < -0.39 is 0 Å². The molecule has 0 aliphatic heterocycles. The molecule has 18 heavy (non-hydrogen) atoms. The first-order valence-electron chi connectivity index (χ1n) is 7.02. The first kappa shape index (κ1) is 13.4. The van der Waals surface area contributed by atoms with Crippen molar-refractivity contribution in [3.05, 3.63) is 29.3 Å². The highest BCUT2D eigenvalue weighted by Crippen LogP contribution is 2.31. The maximum absolute atomic E-state index is 10.1. The van der Waals surface area contributed by atoms with Crippen LogP contribution in [0.15, 0.2) is 18.2 Å². The molecular weight excluding hydrogens is 224 g/mol. The van der Waals surface area contributed by atoms with Crippen LogP contribution in [0, 0.1) is 19.8 Å². The summed E-state index contributed by atoms with van der Waals surface area (Å²) in [5, 5.41) is 10.1. The molecule has 3 unspecified atom stereocenters. The lowest BCUT2D eigenvalue weighted by atomic mass is 9.84. The van der Waals surface area contributed by atoms with Crippen molar-refractivity contribution in [2.45, 2.75) is 58.7 Å². The Balaban J connectivity index is 2.07. The van der Waals surface area contributed by atoms with Crippen LogP contribution < -0.4 is 4.74 Å². The molecule has 2 rings (SSSR count). The van der Waals surface area contributed by atoms with Gasteiger partial charge in [-0.3, -0.25) is 0 Å². The van der Waals surface area contributed by atoms with Crippen LogP contribution in [0.3, 0.4) is 0 Å². The minimum Gasteiger partial charge on any atom is -0.487 e. The molecule has 2 heteroatoms. The second-order valence-electron chi connectivity index (χ2n) is 5.58. The molecule has 1 fully saturated rings. The first-order chi connectivity index (χ1) is 8.60. The Kier molecular flexibility index (Phi) is 4.28. The fourth-order valence-corrected chi connectivity index (χ4v) is 2.79. The van der Waals surface area contributed by atoms with Crippen LogP contribution in [0.5, 0.6) is 5.75 Å². The summed E-state index contributed by atoms with van der Waals surface area (Å²) in [5.41, 5.74) is 2.40. The van der Waals surface area contributed by atoms with Crippen molar-refractivity contribution in [1.82, 2.24) is 0 Å². The zero-order chi connectivity index (χ0) is 13.1. The van der Waals surface area contributed by atoms with Crippen molar-refractivity contribution in [2.24, 2.45) is 5.92 Å². The molecule has 1 saturated carbocycles. The van der Waals surface area contributed by atoms with E-state index in [1.807, 2.05) is 6.07 Å². The van der Waals surface area contributed by atoms with Crippen molar-refractivity contribution in [2.75, 3.05) is 0 Å². The van der Waals surface area contributed by atoms with Crippen molar-refractivity contribution < 1.29 is 9.84 Å². The number of aryl methyl sites for hydroxylation is 2. The van der Waals surface area contributed by atoms with Gasteiger partial charge in [0.25, 0.3) is 0 Å². The van der Waals surface area contributed by atoms with Gasteiger partial charge in [-0.15, -0.1) is 0 Å². The van der Waals surface area contributed by atoms with Crippen LogP contribution in [0.25, 0.3) is 0 Å². The number of aliphatic hydroxyl groups is 1. The first-order valence-corrected chi connectivity index (χ1v) is 7.02. The maximum atomic E-state index is 10.1. The third-order valence-electron chi connectivity index (χ3n) is 4.05. The molecular formula is C16H24O2. The largest absolute Gasteiger partial charge is 0.487 e. The maximum Gasteiger partial charge on any atom is 0.125 e. The number of hydrogen-bond donors (Lipinski definition) is 1. The minimum absolute atomic E-state index is 0.0369. The SMILES string of the molecule is CCC1CCC(O)C(Oc2ccc(C)cc2C)C1. The lowest BCUT2D eigenvalue weighted by molar-refractivity contribution is -0.0112. The van der Waals surface area contributed by atoms with E-state index in [1.165, 1.54) is 12.0 Å². The third-order valence-corrected chi connectivity index (χ3v) is 4.05. The number of aliphatic hydroxyl groups excluding tert-OH is 1.